The molecule has 2 aliphatic rings. The molecule has 1 atom stereocenters. The molecule has 2 aromatic rings. The fourth-order valence-electron chi connectivity index (χ4n) is 3.80. The molecule has 0 spiro atoms. The van der Waals surface area contributed by atoms with E-state index in [1.807, 2.05) is 24.3 Å². The number of piperidine rings is 1. The standard InChI is InChI=1S/C20H27N5O3/c1-27-16-7-5-15(6-8-16)18-13-25-17(14-28-18)19(22-23-25)20(26)21-9-12-24-10-3-2-4-11-24/h5-8,18H,2-4,9-14H2,1H3,(H,21,26)/t18-/m0/s1. The maximum absolute atomic E-state index is 12.5. The number of aromatic nitrogens is 3. The Morgan fingerprint density at radius 2 is 2.04 bits per heavy atom. The number of carbonyl (C=O) groups is 1. The van der Waals surface area contributed by atoms with Gasteiger partial charge in [-0.2, -0.15) is 0 Å². The Balaban J connectivity index is 1.34. The van der Waals surface area contributed by atoms with E-state index in [2.05, 4.69) is 20.5 Å². The van der Waals surface area contributed by atoms with Crippen LogP contribution < -0.4 is 10.1 Å². The van der Waals surface area contributed by atoms with Crippen LogP contribution in [0.25, 0.3) is 0 Å². The van der Waals surface area contributed by atoms with Crippen LogP contribution >= 0.6 is 0 Å². The summed E-state index contributed by atoms with van der Waals surface area (Å²) in [6.45, 7) is 4.61. The fourth-order valence-corrected chi connectivity index (χ4v) is 3.80. The lowest BCUT2D eigenvalue weighted by atomic mass is 10.1. The fraction of sp³-hybridized carbons (Fsp3) is 0.550. The zero-order valence-corrected chi connectivity index (χ0v) is 16.3. The molecule has 1 aromatic carbocycles. The lowest BCUT2D eigenvalue weighted by molar-refractivity contribution is -0.00179. The summed E-state index contributed by atoms with van der Waals surface area (Å²) in [7, 11) is 1.65. The van der Waals surface area contributed by atoms with Crippen LogP contribution in [0.2, 0.25) is 0 Å². The molecule has 28 heavy (non-hydrogen) atoms. The first-order valence-electron chi connectivity index (χ1n) is 9.93. The predicted octanol–water partition coefficient (Wildman–Crippen LogP) is 1.77. The number of hydrogen-bond acceptors (Lipinski definition) is 6. The van der Waals surface area contributed by atoms with E-state index >= 15 is 0 Å². The summed E-state index contributed by atoms with van der Waals surface area (Å²) in [6.07, 6.45) is 3.69. The number of nitrogens with zero attached hydrogens (tertiary/aromatic N) is 4. The molecule has 4 rings (SSSR count). The van der Waals surface area contributed by atoms with Crippen molar-refractivity contribution in [3.8, 4) is 5.75 Å². The Bertz CT molecular complexity index is 799. The van der Waals surface area contributed by atoms with Crippen LogP contribution in [-0.4, -0.2) is 59.1 Å². The average molecular weight is 385 g/mol. The molecular weight excluding hydrogens is 358 g/mol. The van der Waals surface area contributed by atoms with Gasteiger partial charge in [0.15, 0.2) is 5.69 Å². The first-order chi connectivity index (χ1) is 13.7. The van der Waals surface area contributed by atoms with Gasteiger partial charge in [-0.3, -0.25) is 4.79 Å². The molecule has 8 nitrogen and oxygen atoms in total. The van der Waals surface area contributed by atoms with Crippen molar-refractivity contribution in [2.45, 2.75) is 38.5 Å². The molecule has 0 saturated carbocycles. The van der Waals surface area contributed by atoms with Crippen LogP contribution in [0.15, 0.2) is 24.3 Å². The number of benzene rings is 1. The van der Waals surface area contributed by atoms with Crippen LogP contribution in [0, 0.1) is 0 Å². The molecule has 1 fully saturated rings. The maximum atomic E-state index is 12.5. The number of methoxy groups -OCH3 is 1. The summed E-state index contributed by atoms with van der Waals surface area (Å²) < 4.78 is 13.0. The summed E-state index contributed by atoms with van der Waals surface area (Å²) >= 11 is 0. The van der Waals surface area contributed by atoms with E-state index in [-0.39, 0.29) is 12.0 Å². The Morgan fingerprint density at radius 3 is 2.79 bits per heavy atom. The van der Waals surface area contributed by atoms with Crippen molar-refractivity contribution in [3.63, 3.8) is 0 Å². The third kappa shape index (κ3) is 4.18. The zero-order valence-electron chi connectivity index (χ0n) is 16.3. The molecular formula is C20H27N5O3. The molecule has 1 aromatic heterocycles. The number of rotatable bonds is 6. The third-order valence-electron chi connectivity index (χ3n) is 5.46. The molecule has 0 unspecified atom stereocenters. The first kappa shape index (κ1) is 18.9. The third-order valence-corrected chi connectivity index (χ3v) is 5.46. The molecule has 2 aliphatic heterocycles. The minimum atomic E-state index is -0.176. The van der Waals surface area contributed by atoms with Gasteiger partial charge in [-0.15, -0.1) is 5.10 Å². The van der Waals surface area contributed by atoms with Crippen molar-refractivity contribution < 1.29 is 14.3 Å². The van der Waals surface area contributed by atoms with E-state index < -0.39 is 0 Å². The second-order valence-corrected chi connectivity index (χ2v) is 7.30. The quantitative estimate of drug-likeness (QED) is 0.816. The normalized spacial score (nSPS) is 19.8. The second kappa shape index (κ2) is 8.70. The number of nitrogens with one attached hydrogen (secondary N) is 1. The van der Waals surface area contributed by atoms with Gasteiger partial charge in [0, 0.05) is 13.1 Å². The number of likely N-dealkylation sites (tertiary alicyclic amines) is 1. The van der Waals surface area contributed by atoms with E-state index in [9.17, 15) is 4.79 Å². The first-order valence-corrected chi connectivity index (χ1v) is 9.93. The summed E-state index contributed by atoms with van der Waals surface area (Å²) in [6, 6.07) is 7.80. The second-order valence-electron chi connectivity index (χ2n) is 7.30. The smallest absolute Gasteiger partial charge is 0.273 e. The number of amides is 1. The van der Waals surface area contributed by atoms with Crippen LogP contribution in [0.1, 0.15) is 47.1 Å². The van der Waals surface area contributed by atoms with Gasteiger partial charge < -0.3 is 19.7 Å². The SMILES string of the molecule is COc1ccc([C@@H]2Cn3nnc(C(=O)NCCN4CCCCC4)c3CO2)cc1. The van der Waals surface area contributed by atoms with Crippen LogP contribution in [-0.2, 0) is 17.9 Å². The van der Waals surface area contributed by atoms with Gasteiger partial charge in [-0.05, 0) is 43.6 Å². The molecule has 0 bridgehead atoms. The number of fused-ring (bicyclic) bond motifs is 1. The molecule has 1 amide bonds. The number of ether oxygens (including phenoxy) is 2. The van der Waals surface area contributed by atoms with Gasteiger partial charge >= 0.3 is 0 Å². The Labute approximate surface area is 164 Å². The molecule has 8 heteroatoms. The van der Waals surface area contributed by atoms with E-state index in [1.165, 1.54) is 19.3 Å². The monoisotopic (exact) mass is 385 g/mol. The predicted molar refractivity (Wildman–Crippen MR) is 103 cm³/mol. The van der Waals surface area contributed by atoms with Crippen LogP contribution in [0.5, 0.6) is 5.75 Å². The van der Waals surface area contributed by atoms with Gasteiger partial charge in [0.25, 0.3) is 5.91 Å². The summed E-state index contributed by atoms with van der Waals surface area (Å²) in [4.78, 5) is 14.9. The van der Waals surface area contributed by atoms with Crippen molar-refractivity contribution in [3.05, 3.63) is 41.2 Å². The minimum Gasteiger partial charge on any atom is -0.497 e. The van der Waals surface area contributed by atoms with Crippen molar-refractivity contribution in [1.29, 1.82) is 0 Å². The highest BCUT2D eigenvalue weighted by Crippen LogP contribution is 2.28. The summed E-state index contributed by atoms with van der Waals surface area (Å²) in [5.74, 6) is 0.634. The van der Waals surface area contributed by atoms with Gasteiger partial charge in [-0.1, -0.05) is 23.8 Å². The largest absolute Gasteiger partial charge is 0.497 e. The highest BCUT2D eigenvalue weighted by Gasteiger charge is 2.27. The number of carbonyl (C=O) groups excluding carboxylic acids is 1. The van der Waals surface area contributed by atoms with E-state index in [1.54, 1.807) is 11.8 Å². The van der Waals surface area contributed by atoms with Crippen molar-refractivity contribution in [1.82, 2.24) is 25.2 Å². The Kier molecular flexibility index (Phi) is 5.87. The average Bonchev–Trinajstić information content (AvgIpc) is 3.18. The Hall–Kier alpha value is -2.45. The van der Waals surface area contributed by atoms with Crippen molar-refractivity contribution >= 4 is 5.91 Å². The number of hydrogen-bond donors (Lipinski definition) is 1. The molecule has 150 valence electrons. The molecule has 1 saturated heterocycles. The van der Waals surface area contributed by atoms with E-state index in [4.69, 9.17) is 9.47 Å². The maximum Gasteiger partial charge on any atom is 0.273 e. The van der Waals surface area contributed by atoms with Gasteiger partial charge in [0.1, 0.15) is 11.9 Å². The summed E-state index contributed by atoms with van der Waals surface area (Å²) in [5.41, 5.74) is 2.15. The van der Waals surface area contributed by atoms with Crippen molar-refractivity contribution in [2.24, 2.45) is 0 Å². The topological polar surface area (TPSA) is 81.5 Å². The van der Waals surface area contributed by atoms with Gasteiger partial charge in [0.2, 0.25) is 0 Å². The summed E-state index contributed by atoms with van der Waals surface area (Å²) in [5, 5.41) is 11.3. The van der Waals surface area contributed by atoms with Gasteiger partial charge in [0.05, 0.1) is 26.0 Å². The molecule has 3 heterocycles. The highest BCUT2D eigenvalue weighted by molar-refractivity contribution is 5.93. The molecule has 0 radical (unpaired) electrons. The van der Waals surface area contributed by atoms with E-state index in [0.717, 1.165) is 36.6 Å². The van der Waals surface area contributed by atoms with Gasteiger partial charge in [-0.25, -0.2) is 4.68 Å². The highest BCUT2D eigenvalue weighted by atomic mass is 16.5. The molecule has 0 aliphatic carbocycles. The van der Waals surface area contributed by atoms with Crippen molar-refractivity contribution in [2.75, 3.05) is 33.3 Å². The van der Waals surface area contributed by atoms with Crippen LogP contribution in [0.3, 0.4) is 0 Å². The van der Waals surface area contributed by atoms with Crippen LogP contribution in [0.4, 0.5) is 0 Å². The Morgan fingerprint density at radius 1 is 1.25 bits per heavy atom. The minimum absolute atomic E-state index is 0.116. The van der Waals surface area contributed by atoms with E-state index in [0.29, 0.717) is 25.4 Å². The zero-order chi connectivity index (χ0) is 19.3. The lowest BCUT2D eigenvalue weighted by Crippen LogP contribution is -2.38. The molecule has 1 N–H and O–H groups in total. The lowest BCUT2D eigenvalue weighted by Gasteiger charge is -2.26.